The van der Waals surface area contributed by atoms with Gasteiger partial charge in [-0.15, -0.1) is 10.2 Å². The molecule has 0 saturated carbocycles. The van der Waals surface area contributed by atoms with Gasteiger partial charge in [0, 0.05) is 16.8 Å². The normalized spacial score (nSPS) is 10.6. The monoisotopic (exact) mass is 277 g/mol. The number of benzene rings is 2. The van der Waals surface area contributed by atoms with Crippen molar-refractivity contribution < 1.29 is 4.79 Å². The number of nitrogens with zero attached hydrogens (tertiary/aromatic N) is 3. The molecule has 21 heavy (non-hydrogen) atoms. The third-order valence-electron chi connectivity index (χ3n) is 3.41. The summed E-state index contributed by atoms with van der Waals surface area (Å²) in [7, 11) is 0. The van der Waals surface area contributed by atoms with Crippen molar-refractivity contribution in [1.29, 1.82) is 0 Å². The van der Waals surface area contributed by atoms with Gasteiger partial charge in [-0.25, -0.2) is 0 Å². The third-order valence-corrected chi connectivity index (χ3v) is 3.41. The predicted octanol–water partition coefficient (Wildman–Crippen LogP) is 3.45. The summed E-state index contributed by atoms with van der Waals surface area (Å²) in [5.41, 5.74) is 3.84. The zero-order valence-electron chi connectivity index (χ0n) is 11.9. The number of rotatable bonds is 3. The first-order valence-electron chi connectivity index (χ1n) is 6.73. The summed E-state index contributed by atoms with van der Waals surface area (Å²) in [4.78, 5) is 11.3. The number of carbonyl (C=O) groups excluding carboxylic acids is 1. The van der Waals surface area contributed by atoms with Crippen LogP contribution in [0.2, 0.25) is 0 Å². The minimum absolute atomic E-state index is 0.0593. The fraction of sp³-hybridized carbons (Fsp3) is 0.118. The second kappa shape index (κ2) is 5.32. The highest BCUT2D eigenvalue weighted by Crippen LogP contribution is 2.21. The fourth-order valence-electron chi connectivity index (χ4n) is 2.18. The van der Waals surface area contributed by atoms with E-state index in [1.54, 1.807) is 13.3 Å². The molecule has 0 atom stereocenters. The Morgan fingerprint density at radius 2 is 1.67 bits per heavy atom. The lowest BCUT2D eigenvalue weighted by atomic mass is 10.1. The molecule has 0 bridgehead atoms. The van der Waals surface area contributed by atoms with Crippen molar-refractivity contribution in [2.45, 2.75) is 13.8 Å². The quantitative estimate of drug-likeness (QED) is 0.689. The van der Waals surface area contributed by atoms with Gasteiger partial charge in [0.05, 0.1) is 0 Å². The van der Waals surface area contributed by atoms with Gasteiger partial charge in [0.1, 0.15) is 6.33 Å². The molecule has 0 N–H and O–H groups in total. The van der Waals surface area contributed by atoms with Crippen LogP contribution in [0.1, 0.15) is 22.8 Å². The van der Waals surface area contributed by atoms with Crippen molar-refractivity contribution >= 4 is 5.78 Å². The van der Waals surface area contributed by atoms with Crippen LogP contribution in [0.5, 0.6) is 0 Å². The van der Waals surface area contributed by atoms with Gasteiger partial charge in [0.15, 0.2) is 11.6 Å². The van der Waals surface area contributed by atoms with Crippen LogP contribution in [-0.2, 0) is 0 Å². The van der Waals surface area contributed by atoms with Crippen molar-refractivity contribution in [3.05, 3.63) is 66.0 Å². The van der Waals surface area contributed by atoms with Crippen LogP contribution in [0.15, 0.2) is 54.9 Å². The zero-order chi connectivity index (χ0) is 14.8. The van der Waals surface area contributed by atoms with E-state index in [-0.39, 0.29) is 5.78 Å². The van der Waals surface area contributed by atoms with Crippen LogP contribution in [0.25, 0.3) is 17.1 Å². The molecule has 0 radical (unpaired) electrons. The molecular formula is C17H15N3O. The minimum Gasteiger partial charge on any atom is -0.295 e. The summed E-state index contributed by atoms with van der Waals surface area (Å²) in [6.07, 6.45) is 1.68. The molecule has 4 heteroatoms. The molecule has 0 spiro atoms. The van der Waals surface area contributed by atoms with E-state index < -0.39 is 0 Å². The van der Waals surface area contributed by atoms with Crippen LogP contribution in [0.4, 0.5) is 0 Å². The summed E-state index contributed by atoms with van der Waals surface area (Å²) >= 11 is 0. The van der Waals surface area contributed by atoms with Gasteiger partial charge in [-0.05, 0) is 38.1 Å². The number of carbonyl (C=O) groups is 1. The Hall–Kier alpha value is -2.75. The lowest BCUT2D eigenvalue weighted by molar-refractivity contribution is 0.101. The Morgan fingerprint density at radius 1 is 1.00 bits per heavy atom. The molecule has 1 heterocycles. The summed E-state index contributed by atoms with van der Waals surface area (Å²) in [5.74, 6) is 0.842. The van der Waals surface area contributed by atoms with Gasteiger partial charge in [0.2, 0.25) is 0 Å². The average molecular weight is 277 g/mol. The lowest BCUT2D eigenvalue weighted by Crippen LogP contribution is -1.98. The first kappa shape index (κ1) is 13.2. The molecule has 0 fully saturated rings. The van der Waals surface area contributed by atoms with Gasteiger partial charge in [-0.2, -0.15) is 0 Å². The maximum atomic E-state index is 11.3. The Bertz CT molecular complexity index is 771. The molecule has 3 rings (SSSR count). The van der Waals surface area contributed by atoms with E-state index in [1.165, 1.54) is 5.56 Å². The molecule has 0 amide bonds. The van der Waals surface area contributed by atoms with E-state index in [4.69, 9.17) is 0 Å². The molecule has 0 aliphatic carbocycles. The Morgan fingerprint density at radius 3 is 2.29 bits per heavy atom. The third kappa shape index (κ3) is 2.60. The Kier molecular flexibility index (Phi) is 3.36. The van der Waals surface area contributed by atoms with E-state index in [9.17, 15) is 4.79 Å². The van der Waals surface area contributed by atoms with Crippen molar-refractivity contribution in [2.75, 3.05) is 0 Å². The second-order valence-corrected chi connectivity index (χ2v) is 4.99. The SMILES string of the molecule is CC(=O)c1ccc(-n2cnnc2-c2ccc(C)cc2)cc1. The van der Waals surface area contributed by atoms with E-state index in [0.717, 1.165) is 17.1 Å². The van der Waals surface area contributed by atoms with Gasteiger partial charge >= 0.3 is 0 Å². The van der Waals surface area contributed by atoms with Crippen molar-refractivity contribution in [3.63, 3.8) is 0 Å². The lowest BCUT2D eigenvalue weighted by Gasteiger charge is -2.07. The van der Waals surface area contributed by atoms with E-state index in [1.807, 2.05) is 53.1 Å². The zero-order valence-corrected chi connectivity index (χ0v) is 11.9. The summed E-state index contributed by atoms with van der Waals surface area (Å²) in [6.45, 7) is 3.61. The molecule has 3 aromatic rings. The standard InChI is InChI=1S/C17H15N3O/c1-12-3-5-15(6-4-12)17-19-18-11-20(17)16-9-7-14(8-10-16)13(2)21/h3-11H,1-2H3. The van der Waals surface area contributed by atoms with Crippen LogP contribution < -0.4 is 0 Å². The van der Waals surface area contributed by atoms with Gasteiger partial charge in [-0.1, -0.05) is 29.8 Å². The van der Waals surface area contributed by atoms with Gasteiger partial charge in [0.25, 0.3) is 0 Å². The second-order valence-electron chi connectivity index (χ2n) is 4.99. The average Bonchev–Trinajstić information content (AvgIpc) is 2.97. The smallest absolute Gasteiger partial charge is 0.168 e. The highest BCUT2D eigenvalue weighted by molar-refractivity contribution is 5.94. The molecule has 1 aromatic heterocycles. The molecule has 2 aromatic carbocycles. The number of Topliss-reactive ketones (excluding diaryl/α,β-unsaturated/α-hetero) is 1. The largest absolute Gasteiger partial charge is 0.295 e. The number of aromatic nitrogens is 3. The fourth-order valence-corrected chi connectivity index (χ4v) is 2.18. The summed E-state index contributed by atoms with van der Waals surface area (Å²) in [6, 6.07) is 15.6. The summed E-state index contributed by atoms with van der Waals surface area (Å²) in [5, 5.41) is 8.20. The molecular weight excluding hydrogens is 262 g/mol. The number of hydrogen-bond donors (Lipinski definition) is 0. The maximum Gasteiger partial charge on any atom is 0.168 e. The molecule has 104 valence electrons. The molecule has 0 saturated heterocycles. The minimum atomic E-state index is 0.0593. The molecule has 4 nitrogen and oxygen atoms in total. The Labute approximate surface area is 123 Å². The van der Waals surface area contributed by atoms with E-state index in [0.29, 0.717) is 5.56 Å². The van der Waals surface area contributed by atoms with Gasteiger partial charge in [-0.3, -0.25) is 9.36 Å². The van der Waals surface area contributed by atoms with Crippen molar-refractivity contribution in [1.82, 2.24) is 14.8 Å². The van der Waals surface area contributed by atoms with E-state index in [2.05, 4.69) is 17.1 Å². The van der Waals surface area contributed by atoms with Crippen LogP contribution in [-0.4, -0.2) is 20.5 Å². The number of ketones is 1. The topological polar surface area (TPSA) is 47.8 Å². The molecule has 0 aliphatic heterocycles. The highest BCUT2D eigenvalue weighted by Gasteiger charge is 2.09. The van der Waals surface area contributed by atoms with Crippen LogP contribution >= 0.6 is 0 Å². The summed E-state index contributed by atoms with van der Waals surface area (Å²) < 4.78 is 1.91. The highest BCUT2D eigenvalue weighted by atomic mass is 16.1. The van der Waals surface area contributed by atoms with Crippen molar-refractivity contribution in [3.8, 4) is 17.1 Å². The van der Waals surface area contributed by atoms with Crippen molar-refractivity contribution in [2.24, 2.45) is 0 Å². The van der Waals surface area contributed by atoms with Gasteiger partial charge < -0.3 is 0 Å². The Balaban J connectivity index is 2.02. The predicted molar refractivity (Wildman–Crippen MR) is 81.5 cm³/mol. The number of hydrogen-bond acceptors (Lipinski definition) is 3. The first-order valence-corrected chi connectivity index (χ1v) is 6.73. The molecule has 0 aliphatic rings. The van der Waals surface area contributed by atoms with Crippen LogP contribution in [0, 0.1) is 6.92 Å². The van der Waals surface area contributed by atoms with E-state index >= 15 is 0 Å². The van der Waals surface area contributed by atoms with Crippen LogP contribution in [0.3, 0.4) is 0 Å². The molecule has 0 unspecified atom stereocenters. The maximum absolute atomic E-state index is 11.3. The number of aryl methyl sites for hydroxylation is 1. The first-order chi connectivity index (χ1) is 10.1.